The number of carboxylic acid groups (broad SMARTS) is 1. The Kier molecular flexibility index (Phi) is 8.10. The van der Waals surface area contributed by atoms with Gasteiger partial charge in [0.05, 0.1) is 37.1 Å². The summed E-state index contributed by atoms with van der Waals surface area (Å²) >= 11 is 0. The zero-order valence-electron chi connectivity index (χ0n) is 29.1. The number of fused-ring (bicyclic) bond motifs is 4. The summed E-state index contributed by atoms with van der Waals surface area (Å²) in [4.78, 5) is 13.6. The van der Waals surface area contributed by atoms with Crippen molar-refractivity contribution in [3.63, 3.8) is 0 Å². The van der Waals surface area contributed by atoms with Crippen LogP contribution in [0.1, 0.15) is 113 Å². The van der Waals surface area contributed by atoms with Gasteiger partial charge in [-0.2, -0.15) is 0 Å². The van der Waals surface area contributed by atoms with Gasteiger partial charge in [0.25, 0.3) is 0 Å². The molecule has 8 heteroatoms. The van der Waals surface area contributed by atoms with Crippen LogP contribution in [-0.4, -0.2) is 89.7 Å². The predicted octanol–water partition coefficient (Wildman–Crippen LogP) is 5.89. The van der Waals surface area contributed by atoms with E-state index in [9.17, 15) is 15.0 Å². The molecule has 2 aliphatic heterocycles. The fraction of sp³-hybridized carbons (Fsp3) is 0.973. The summed E-state index contributed by atoms with van der Waals surface area (Å²) in [6.45, 7) is 17.3. The molecule has 0 aromatic carbocycles. The number of aliphatic carboxylic acids is 1. The second kappa shape index (κ2) is 11.1. The Hall–Kier alpha value is -0.770. The number of aliphatic hydroxyl groups is 1. The topological polar surface area (TPSA) is 97.7 Å². The Morgan fingerprint density at radius 3 is 2.49 bits per heavy atom. The minimum absolute atomic E-state index is 0.0319. The molecule has 256 valence electrons. The maximum atomic E-state index is 11.6. The molecule has 8 nitrogen and oxygen atoms in total. The van der Waals surface area contributed by atoms with Gasteiger partial charge in [-0.3, -0.25) is 9.69 Å². The van der Waals surface area contributed by atoms with Crippen LogP contribution in [0.4, 0.5) is 0 Å². The molecule has 45 heavy (non-hydrogen) atoms. The van der Waals surface area contributed by atoms with Crippen molar-refractivity contribution in [1.82, 2.24) is 4.90 Å². The SMILES string of the molecule is CCO[C@@H](C1CCC2C(CC3C4CCC5C(C)(C)[C@@H](OC6CN(C(C)C(=O)O)CCO6)CCC56C[C@@]46CC[C@]23C)O1)C(C)(C)O. The Bertz CT molecular complexity index is 1140. The molecular formula is C37H61NO7. The maximum Gasteiger partial charge on any atom is 0.320 e. The van der Waals surface area contributed by atoms with Gasteiger partial charge in [-0.05, 0) is 137 Å². The van der Waals surface area contributed by atoms with E-state index in [0.717, 1.165) is 24.7 Å². The molecule has 0 amide bonds. The standard InChI is InChI=1S/C37H61NO7/c1-8-42-31(34(5,6)41)26-11-9-24-27(44-26)19-25-23-10-12-28-33(3,4)29(45-30-20-38(17-18-43-30)22(2)32(39)40)13-14-37(28)21-36(23,37)16-15-35(24,25)7/h22-31,41H,8-21H2,1-7H3,(H,39,40)/t22?,23?,24?,25?,26?,27?,28?,29-,30?,31-,35+,36-,37?/m0/s1. The third kappa shape index (κ3) is 4.92. The molecule has 0 aromatic rings. The lowest BCUT2D eigenvalue weighted by Crippen LogP contribution is -2.57. The second-order valence-electron chi connectivity index (χ2n) is 17.8. The normalized spacial score (nSPS) is 48.6. The number of ether oxygens (including phenoxy) is 4. The second-order valence-corrected chi connectivity index (χ2v) is 17.8. The van der Waals surface area contributed by atoms with Gasteiger partial charge in [0.1, 0.15) is 12.1 Å². The average molecular weight is 632 g/mol. The van der Waals surface area contributed by atoms with E-state index in [4.69, 9.17) is 18.9 Å². The lowest BCUT2D eigenvalue weighted by Gasteiger charge is -2.60. The van der Waals surface area contributed by atoms with E-state index in [0.29, 0.717) is 54.4 Å². The number of carbonyl (C=O) groups is 1. The predicted molar refractivity (Wildman–Crippen MR) is 171 cm³/mol. The van der Waals surface area contributed by atoms with Crippen LogP contribution in [0.5, 0.6) is 0 Å². The van der Waals surface area contributed by atoms with E-state index < -0.39 is 17.6 Å². The highest BCUT2D eigenvalue weighted by Crippen LogP contribution is 2.87. The fourth-order valence-corrected chi connectivity index (χ4v) is 13.1. The van der Waals surface area contributed by atoms with Crippen molar-refractivity contribution in [1.29, 1.82) is 0 Å². The molecule has 2 spiro atoms. The monoisotopic (exact) mass is 631 g/mol. The van der Waals surface area contributed by atoms with Crippen LogP contribution in [0.25, 0.3) is 0 Å². The van der Waals surface area contributed by atoms with E-state index in [-0.39, 0.29) is 36.1 Å². The highest BCUT2D eigenvalue weighted by atomic mass is 16.7. The third-order valence-corrected chi connectivity index (χ3v) is 15.2. The molecule has 7 fully saturated rings. The van der Waals surface area contributed by atoms with Crippen molar-refractivity contribution in [3.8, 4) is 0 Å². The Labute approximate surface area is 271 Å². The smallest absolute Gasteiger partial charge is 0.320 e. The summed E-state index contributed by atoms with van der Waals surface area (Å²) in [5, 5.41) is 20.5. The lowest BCUT2D eigenvalue weighted by atomic mass is 9.46. The molecule has 2 heterocycles. The van der Waals surface area contributed by atoms with Crippen LogP contribution >= 0.6 is 0 Å². The number of morpholine rings is 1. The first-order valence-corrected chi connectivity index (χ1v) is 18.4. The third-order valence-electron chi connectivity index (χ3n) is 15.2. The number of carboxylic acids is 1. The summed E-state index contributed by atoms with van der Waals surface area (Å²) in [5.74, 6) is 2.00. The Morgan fingerprint density at radius 2 is 1.78 bits per heavy atom. The summed E-state index contributed by atoms with van der Waals surface area (Å²) in [6, 6.07) is -0.524. The van der Waals surface area contributed by atoms with Gasteiger partial charge < -0.3 is 29.2 Å². The van der Waals surface area contributed by atoms with Crippen molar-refractivity contribution >= 4 is 5.97 Å². The summed E-state index contributed by atoms with van der Waals surface area (Å²) in [5.41, 5.74) is 0.412. The van der Waals surface area contributed by atoms with Gasteiger partial charge >= 0.3 is 5.97 Å². The maximum absolute atomic E-state index is 11.6. The molecule has 5 aliphatic carbocycles. The minimum Gasteiger partial charge on any atom is -0.480 e. The lowest BCUT2D eigenvalue weighted by molar-refractivity contribution is -0.247. The van der Waals surface area contributed by atoms with Crippen molar-refractivity contribution in [2.75, 3.05) is 26.3 Å². The van der Waals surface area contributed by atoms with Gasteiger partial charge in [0.2, 0.25) is 0 Å². The summed E-state index contributed by atoms with van der Waals surface area (Å²) < 4.78 is 25.9. The molecule has 7 rings (SSSR count). The van der Waals surface area contributed by atoms with Crippen molar-refractivity contribution in [3.05, 3.63) is 0 Å². The Morgan fingerprint density at radius 1 is 1.02 bits per heavy atom. The van der Waals surface area contributed by atoms with Crippen LogP contribution < -0.4 is 0 Å². The summed E-state index contributed by atoms with van der Waals surface area (Å²) in [6.07, 6.45) is 12.1. The van der Waals surface area contributed by atoms with Crippen LogP contribution in [0, 0.1) is 45.3 Å². The van der Waals surface area contributed by atoms with E-state index >= 15 is 0 Å². The quantitative estimate of drug-likeness (QED) is 0.343. The van der Waals surface area contributed by atoms with Gasteiger partial charge in [-0.15, -0.1) is 0 Å². The summed E-state index contributed by atoms with van der Waals surface area (Å²) in [7, 11) is 0. The molecule has 9 unspecified atom stereocenters. The highest BCUT2D eigenvalue weighted by Gasteiger charge is 2.80. The van der Waals surface area contributed by atoms with E-state index in [1.54, 1.807) is 6.92 Å². The molecule has 5 saturated carbocycles. The van der Waals surface area contributed by atoms with E-state index in [1.165, 1.54) is 51.4 Å². The first-order chi connectivity index (χ1) is 21.2. The van der Waals surface area contributed by atoms with Gasteiger partial charge in [0.15, 0.2) is 6.29 Å². The number of hydrogen-bond acceptors (Lipinski definition) is 7. The molecule has 0 bridgehead atoms. The fourth-order valence-electron chi connectivity index (χ4n) is 13.1. The number of hydrogen-bond donors (Lipinski definition) is 2. The zero-order valence-corrected chi connectivity index (χ0v) is 29.1. The van der Waals surface area contributed by atoms with Crippen molar-refractivity contribution in [2.24, 2.45) is 45.3 Å². The molecule has 7 aliphatic rings. The first kappa shape index (κ1) is 32.8. The van der Waals surface area contributed by atoms with Crippen LogP contribution in [0.3, 0.4) is 0 Å². The minimum atomic E-state index is -0.916. The molecular weight excluding hydrogens is 570 g/mol. The van der Waals surface area contributed by atoms with Crippen LogP contribution in [0.2, 0.25) is 0 Å². The van der Waals surface area contributed by atoms with Gasteiger partial charge in [-0.1, -0.05) is 20.8 Å². The highest BCUT2D eigenvalue weighted by molar-refractivity contribution is 5.72. The van der Waals surface area contributed by atoms with Crippen molar-refractivity contribution < 1.29 is 34.0 Å². The average Bonchev–Trinajstić information content (AvgIpc) is 3.56. The van der Waals surface area contributed by atoms with Crippen LogP contribution in [0.15, 0.2) is 0 Å². The first-order valence-electron chi connectivity index (χ1n) is 18.4. The number of rotatable bonds is 8. The van der Waals surface area contributed by atoms with Crippen molar-refractivity contribution in [2.45, 2.75) is 155 Å². The molecule has 13 atom stereocenters. The van der Waals surface area contributed by atoms with E-state index in [2.05, 4.69) is 20.8 Å². The molecule has 2 saturated heterocycles. The Balaban J connectivity index is 1.05. The largest absolute Gasteiger partial charge is 0.480 e. The van der Waals surface area contributed by atoms with E-state index in [1.807, 2.05) is 25.7 Å². The number of nitrogens with zero attached hydrogens (tertiary/aromatic N) is 1. The van der Waals surface area contributed by atoms with Crippen LogP contribution in [-0.2, 0) is 23.7 Å². The van der Waals surface area contributed by atoms with Gasteiger partial charge in [0, 0.05) is 13.2 Å². The zero-order chi connectivity index (χ0) is 32.2. The van der Waals surface area contributed by atoms with Gasteiger partial charge in [-0.25, -0.2) is 0 Å². The molecule has 0 radical (unpaired) electrons. The molecule has 0 aromatic heterocycles. The molecule has 2 N–H and O–H groups in total.